The molecule has 4 nitrogen and oxygen atoms in total. The molecule has 8 heteroatoms. The second-order valence-electron chi connectivity index (χ2n) is 5.76. The first-order valence-electron chi connectivity index (χ1n) is 7.62. The average Bonchev–Trinajstić information content (AvgIpc) is 2.61. The molecule has 1 aliphatic rings. The van der Waals surface area contributed by atoms with Crippen molar-refractivity contribution in [3.63, 3.8) is 0 Å². The highest BCUT2D eigenvalue weighted by atomic mass is 19.4. The summed E-state index contributed by atoms with van der Waals surface area (Å²) in [5.74, 6) is -7.47. The highest BCUT2D eigenvalue weighted by Crippen LogP contribution is 2.48. The molecule has 1 heterocycles. The smallest absolute Gasteiger partial charge is 0.410 e. The molecule has 0 bridgehead atoms. The van der Waals surface area contributed by atoms with Crippen LogP contribution in [-0.4, -0.2) is 28.8 Å². The predicted octanol–water partition coefficient (Wildman–Crippen LogP) is 3.54. The van der Waals surface area contributed by atoms with Gasteiger partial charge in [-0.05, 0) is 11.1 Å². The third-order valence-corrected chi connectivity index (χ3v) is 4.00. The van der Waals surface area contributed by atoms with Crippen molar-refractivity contribution in [3.8, 4) is 0 Å². The summed E-state index contributed by atoms with van der Waals surface area (Å²) in [7, 11) is 0. The van der Waals surface area contributed by atoms with Crippen LogP contribution < -0.4 is 0 Å². The number of benzene rings is 2. The molecule has 2 atom stereocenters. The van der Waals surface area contributed by atoms with E-state index in [4.69, 9.17) is 0 Å². The monoisotopic (exact) mass is 367 g/mol. The topological polar surface area (TPSA) is 46.6 Å². The lowest BCUT2D eigenvalue weighted by atomic mass is 9.87. The molecule has 0 aromatic heterocycles. The molecule has 1 fully saturated rings. The van der Waals surface area contributed by atoms with Crippen LogP contribution in [0.15, 0.2) is 60.7 Å². The minimum atomic E-state index is -5.40. The molecule has 136 valence electrons. The van der Waals surface area contributed by atoms with E-state index in [9.17, 15) is 22.8 Å². The van der Waals surface area contributed by atoms with Crippen molar-refractivity contribution in [2.24, 2.45) is 0 Å². The van der Waals surface area contributed by atoms with Crippen molar-refractivity contribution in [1.29, 1.82) is 0 Å². The molecular formula is C18H13F4NO3. The van der Waals surface area contributed by atoms with Crippen molar-refractivity contribution < 1.29 is 31.9 Å². The number of carbonyl (C=O) groups excluding carboxylic acids is 2. The highest BCUT2D eigenvalue weighted by Gasteiger charge is 2.67. The number of hydrogen-bond donors (Lipinski definition) is 0. The van der Waals surface area contributed by atoms with E-state index in [-0.39, 0.29) is 12.1 Å². The summed E-state index contributed by atoms with van der Waals surface area (Å²) in [6.07, 6.45) is -5.40. The Morgan fingerprint density at radius 3 is 2.12 bits per heavy atom. The van der Waals surface area contributed by atoms with Gasteiger partial charge < -0.3 is 9.64 Å². The van der Waals surface area contributed by atoms with Crippen LogP contribution in [0.3, 0.4) is 0 Å². The largest absolute Gasteiger partial charge is 0.491 e. The van der Waals surface area contributed by atoms with Crippen LogP contribution in [0.4, 0.5) is 17.6 Å². The van der Waals surface area contributed by atoms with Crippen molar-refractivity contribution in [2.45, 2.75) is 24.6 Å². The lowest BCUT2D eigenvalue weighted by molar-refractivity contribution is -0.266. The van der Waals surface area contributed by atoms with Crippen LogP contribution in [0.1, 0.15) is 17.2 Å². The molecule has 0 radical (unpaired) electrons. The third-order valence-electron chi connectivity index (χ3n) is 4.00. The van der Waals surface area contributed by atoms with Gasteiger partial charge in [-0.25, -0.2) is 4.79 Å². The number of rotatable bonds is 4. The second kappa shape index (κ2) is 6.44. The van der Waals surface area contributed by atoms with Gasteiger partial charge >= 0.3 is 23.9 Å². The lowest BCUT2D eigenvalue weighted by Crippen LogP contribution is -2.67. The summed E-state index contributed by atoms with van der Waals surface area (Å²) in [6.45, 7) is -0.0333. The second-order valence-corrected chi connectivity index (χ2v) is 5.76. The molecule has 1 aliphatic heterocycles. The Hall–Kier alpha value is -2.90. The summed E-state index contributed by atoms with van der Waals surface area (Å²) in [5.41, 5.74) is 0.881. The van der Waals surface area contributed by atoms with Gasteiger partial charge in [0.15, 0.2) is 0 Å². The Morgan fingerprint density at radius 2 is 1.58 bits per heavy atom. The summed E-state index contributed by atoms with van der Waals surface area (Å²) >= 11 is 0. The van der Waals surface area contributed by atoms with E-state index in [1.54, 1.807) is 48.5 Å². The molecular weight excluding hydrogens is 354 g/mol. The van der Waals surface area contributed by atoms with Gasteiger partial charge in [0.2, 0.25) is 0 Å². The number of ether oxygens (including phenoxy) is 1. The lowest BCUT2D eigenvalue weighted by Gasteiger charge is -2.49. The summed E-state index contributed by atoms with van der Waals surface area (Å²) in [6, 6.07) is 14.7. The number of carbonyl (C=O) groups is 2. The molecule has 0 spiro atoms. The quantitative estimate of drug-likeness (QED) is 0.472. The van der Waals surface area contributed by atoms with Crippen LogP contribution >= 0.6 is 0 Å². The Bertz CT molecular complexity index is 810. The molecule has 0 unspecified atom stereocenters. The van der Waals surface area contributed by atoms with E-state index in [1.807, 2.05) is 0 Å². The first kappa shape index (κ1) is 17.9. The first-order chi connectivity index (χ1) is 12.2. The first-order valence-corrected chi connectivity index (χ1v) is 7.62. The fourth-order valence-corrected chi connectivity index (χ4v) is 2.83. The Morgan fingerprint density at radius 1 is 1.04 bits per heavy atom. The fourth-order valence-electron chi connectivity index (χ4n) is 2.83. The zero-order chi connectivity index (χ0) is 18.9. The van der Waals surface area contributed by atoms with Crippen molar-refractivity contribution in [2.75, 3.05) is 0 Å². The maximum absolute atomic E-state index is 15.0. The van der Waals surface area contributed by atoms with Crippen LogP contribution in [0.2, 0.25) is 0 Å². The Balaban J connectivity index is 1.92. The van der Waals surface area contributed by atoms with E-state index >= 15 is 4.39 Å². The van der Waals surface area contributed by atoms with Crippen LogP contribution in [0.25, 0.3) is 0 Å². The number of amides is 1. The van der Waals surface area contributed by atoms with Crippen molar-refractivity contribution >= 4 is 11.9 Å². The molecule has 26 heavy (non-hydrogen) atoms. The minimum absolute atomic E-state index is 0.0333. The normalized spacial score (nSPS) is 22.7. The van der Waals surface area contributed by atoms with Gasteiger partial charge in [-0.1, -0.05) is 60.7 Å². The van der Waals surface area contributed by atoms with Crippen LogP contribution in [0.5, 0.6) is 0 Å². The zero-order valence-corrected chi connectivity index (χ0v) is 13.2. The molecule has 1 saturated heterocycles. The number of nitrogens with zero attached hydrogens (tertiary/aromatic N) is 1. The van der Waals surface area contributed by atoms with Gasteiger partial charge in [-0.3, -0.25) is 4.79 Å². The molecule has 0 saturated carbocycles. The average molecular weight is 367 g/mol. The molecule has 3 rings (SSSR count). The van der Waals surface area contributed by atoms with Gasteiger partial charge in [-0.15, -0.1) is 0 Å². The van der Waals surface area contributed by atoms with E-state index < -0.39 is 29.9 Å². The standard InChI is InChI=1S/C18H13F4NO3/c19-17(26-16(25)18(20,21)22)14(13-9-5-2-6-10-13)23(15(17)24)11-12-7-3-1-4-8-12/h1-10,14H,11H2/t14-,17-/m0/s1. The van der Waals surface area contributed by atoms with E-state index in [2.05, 4.69) is 4.74 Å². The molecule has 0 aliphatic carbocycles. The van der Waals surface area contributed by atoms with Gasteiger partial charge in [0.1, 0.15) is 6.04 Å². The number of esters is 1. The summed E-state index contributed by atoms with van der Waals surface area (Å²) in [5, 5.41) is 0. The van der Waals surface area contributed by atoms with E-state index in [0.717, 1.165) is 4.90 Å². The van der Waals surface area contributed by atoms with Crippen molar-refractivity contribution in [3.05, 3.63) is 71.8 Å². The van der Waals surface area contributed by atoms with Crippen molar-refractivity contribution in [1.82, 2.24) is 4.90 Å². The van der Waals surface area contributed by atoms with E-state index in [1.165, 1.54) is 12.1 Å². The van der Waals surface area contributed by atoms with Gasteiger partial charge in [0.25, 0.3) is 0 Å². The summed E-state index contributed by atoms with van der Waals surface area (Å²) in [4.78, 5) is 24.4. The molecule has 0 N–H and O–H groups in total. The van der Waals surface area contributed by atoms with Gasteiger partial charge in [0, 0.05) is 6.54 Å². The number of likely N-dealkylation sites (tertiary alicyclic amines) is 1. The fraction of sp³-hybridized carbons (Fsp3) is 0.222. The van der Waals surface area contributed by atoms with Gasteiger partial charge in [-0.2, -0.15) is 17.6 Å². The van der Waals surface area contributed by atoms with Crippen LogP contribution in [-0.2, 0) is 20.9 Å². The van der Waals surface area contributed by atoms with Gasteiger partial charge in [0.05, 0.1) is 0 Å². The number of hydrogen-bond acceptors (Lipinski definition) is 3. The molecule has 2 aromatic rings. The predicted molar refractivity (Wildman–Crippen MR) is 82.2 cm³/mol. The molecule has 1 amide bonds. The summed E-state index contributed by atoms with van der Waals surface area (Å²) < 4.78 is 56.4. The zero-order valence-electron chi connectivity index (χ0n) is 13.2. The minimum Gasteiger partial charge on any atom is -0.410 e. The number of halogens is 4. The third kappa shape index (κ3) is 3.14. The van der Waals surface area contributed by atoms with Crippen LogP contribution in [0, 0.1) is 0 Å². The maximum Gasteiger partial charge on any atom is 0.491 e. The Kier molecular flexibility index (Phi) is 4.43. The van der Waals surface area contributed by atoms with E-state index in [0.29, 0.717) is 5.56 Å². The number of β-lactam (4-membered cyclic amide) rings is 1. The molecule has 2 aromatic carbocycles. The Labute approximate surface area is 146 Å². The maximum atomic E-state index is 15.0. The SMILES string of the molecule is O=C(O[C@]1(F)C(=O)N(Cc2ccccc2)[C@H]1c1ccccc1)C(F)(F)F. The number of alkyl halides is 4. The highest BCUT2D eigenvalue weighted by molar-refractivity contribution is 5.94.